The summed E-state index contributed by atoms with van der Waals surface area (Å²) in [6.45, 7) is 1.05. The third-order valence-corrected chi connectivity index (χ3v) is 5.63. The standard InChI is InChI=1S/C20H24F4N2O2/c21-17-7-6-14(12-16(17)20(22,23)24)18(27)25-15-8-10-26(11-9-15)19(28)13-4-2-1-3-5-13/h6-7,12-13,15H,1-5,8-11H2,(H,25,27). The van der Waals surface area contributed by atoms with Crippen molar-refractivity contribution in [2.45, 2.75) is 57.2 Å². The summed E-state index contributed by atoms with van der Waals surface area (Å²) >= 11 is 0. The van der Waals surface area contributed by atoms with Gasteiger partial charge in [-0.25, -0.2) is 4.39 Å². The van der Waals surface area contributed by atoms with Crippen molar-refractivity contribution in [1.82, 2.24) is 10.2 Å². The van der Waals surface area contributed by atoms with E-state index in [1.165, 1.54) is 6.42 Å². The van der Waals surface area contributed by atoms with Crippen molar-refractivity contribution in [3.63, 3.8) is 0 Å². The van der Waals surface area contributed by atoms with Crippen LogP contribution in [0.2, 0.25) is 0 Å². The molecule has 0 bridgehead atoms. The fraction of sp³-hybridized carbons (Fsp3) is 0.600. The molecule has 0 atom stereocenters. The highest BCUT2D eigenvalue weighted by Gasteiger charge is 2.35. The SMILES string of the molecule is O=C(NC1CCN(C(=O)C2CCCCC2)CC1)c1ccc(F)c(C(F)(F)F)c1. The van der Waals surface area contributed by atoms with Gasteiger partial charge in [0.15, 0.2) is 0 Å². The molecular formula is C20H24F4N2O2. The zero-order chi connectivity index (χ0) is 20.3. The van der Waals surface area contributed by atoms with Gasteiger partial charge in [0.1, 0.15) is 5.82 Å². The molecule has 4 nitrogen and oxygen atoms in total. The molecule has 8 heteroatoms. The Hall–Kier alpha value is -2.12. The van der Waals surface area contributed by atoms with Gasteiger partial charge in [-0.1, -0.05) is 19.3 Å². The van der Waals surface area contributed by atoms with Gasteiger partial charge in [-0.05, 0) is 43.9 Å². The largest absolute Gasteiger partial charge is 0.419 e. The van der Waals surface area contributed by atoms with Crippen LogP contribution in [0.1, 0.15) is 60.9 Å². The van der Waals surface area contributed by atoms with Crippen molar-refractivity contribution in [1.29, 1.82) is 0 Å². The number of hydrogen-bond acceptors (Lipinski definition) is 2. The van der Waals surface area contributed by atoms with Crippen LogP contribution in [0.3, 0.4) is 0 Å². The number of nitrogens with zero attached hydrogens (tertiary/aromatic N) is 1. The lowest BCUT2D eigenvalue weighted by molar-refractivity contribution is -0.140. The summed E-state index contributed by atoms with van der Waals surface area (Å²) in [6, 6.07) is 2.01. The van der Waals surface area contributed by atoms with Gasteiger partial charge in [0.2, 0.25) is 5.91 Å². The van der Waals surface area contributed by atoms with Gasteiger partial charge in [0.25, 0.3) is 5.91 Å². The van der Waals surface area contributed by atoms with Crippen molar-refractivity contribution >= 4 is 11.8 Å². The van der Waals surface area contributed by atoms with Crippen LogP contribution in [-0.4, -0.2) is 35.8 Å². The monoisotopic (exact) mass is 400 g/mol. The molecule has 2 amide bonds. The highest BCUT2D eigenvalue weighted by atomic mass is 19.4. The molecule has 1 saturated heterocycles. The van der Waals surface area contributed by atoms with Crippen LogP contribution < -0.4 is 5.32 Å². The summed E-state index contributed by atoms with van der Waals surface area (Å²) in [5, 5.41) is 2.71. The van der Waals surface area contributed by atoms with Gasteiger partial charge in [0, 0.05) is 30.6 Å². The quantitative estimate of drug-likeness (QED) is 0.775. The first-order chi connectivity index (χ1) is 13.3. The number of carbonyl (C=O) groups excluding carboxylic acids is 2. The van der Waals surface area contributed by atoms with Crippen molar-refractivity contribution < 1.29 is 27.2 Å². The van der Waals surface area contributed by atoms with E-state index in [0.29, 0.717) is 38.1 Å². The van der Waals surface area contributed by atoms with Crippen LogP contribution in [-0.2, 0) is 11.0 Å². The predicted molar refractivity (Wildman–Crippen MR) is 95.0 cm³/mol. The minimum atomic E-state index is -4.86. The molecule has 0 unspecified atom stereocenters. The minimum Gasteiger partial charge on any atom is -0.349 e. The topological polar surface area (TPSA) is 49.4 Å². The number of piperidine rings is 1. The van der Waals surface area contributed by atoms with Crippen LogP contribution in [0.15, 0.2) is 18.2 Å². The van der Waals surface area contributed by atoms with E-state index >= 15 is 0 Å². The summed E-state index contributed by atoms with van der Waals surface area (Å²) < 4.78 is 51.8. The number of likely N-dealkylation sites (tertiary alicyclic amines) is 1. The number of alkyl halides is 3. The Balaban J connectivity index is 1.54. The maximum Gasteiger partial charge on any atom is 0.419 e. The van der Waals surface area contributed by atoms with Crippen LogP contribution >= 0.6 is 0 Å². The molecular weight excluding hydrogens is 376 g/mol. The molecule has 1 N–H and O–H groups in total. The molecule has 3 rings (SSSR count). The molecule has 1 aromatic rings. The lowest BCUT2D eigenvalue weighted by Gasteiger charge is -2.35. The van der Waals surface area contributed by atoms with E-state index in [4.69, 9.17) is 0 Å². The number of benzene rings is 1. The summed E-state index contributed by atoms with van der Waals surface area (Å²) in [4.78, 5) is 26.7. The molecule has 1 saturated carbocycles. The number of nitrogens with one attached hydrogen (secondary N) is 1. The zero-order valence-electron chi connectivity index (χ0n) is 15.5. The van der Waals surface area contributed by atoms with E-state index in [1.807, 2.05) is 4.90 Å². The zero-order valence-corrected chi connectivity index (χ0v) is 15.5. The molecule has 1 aliphatic heterocycles. The number of carbonyl (C=O) groups is 2. The van der Waals surface area contributed by atoms with E-state index in [1.54, 1.807) is 0 Å². The van der Waals surface area contributed by atoms with Crippen molar-refractivity contribution in [2.24, 2.45) is 5.92 Å². The molecule has 0 radical (unpaired) electrons. The lowest BCUT2D eigenvalue weighted by atomic mass is 9.87. The molecule has 1 aliphatic carbocycles. The van der Waals surface area contributed by atoms with Crippen LogP contribution in [0.25, 0.3) is 0 Å². The second-order valence-corrected chi connectivity index (χ2v) is 7.60. The summed E-state index contributed by atoms with van der Waals surface area (Å²) in [5.74, 6) is -1.79. The molecule has 2 aliphatic rings. The van der Waals surface area contributed by atoms with E-state index in [2.05, 4.69) is 5.32 Å². The average Bonchev–Trinajstić information content (AvgIpc) is 2.68. The van der Waals surface area contributed by atoms with Crippen LogP contribution in [0.5, 0.6) is 0 Å². The smallest absolute Gasteiger partial charge is 0.349 e. The van der Waals surface area contributed by atoms with Crippen LogP contribution in [0, 0.1) is 11.7 Å². The van der Waals surface area contributed by atoms with Crippen LogP contribution in [0.4, 0.5) is 17.6 Å². The lowest BCUT2D eigenvalue weighted by Crippen LogP contribution is -2.48. The number of amides is 2. The Bertz CT molecular complexity index is 721. The molecule has 154 valence electrons. The van der Waals surface area contributed by atoms with Gasteiger partial charge in [-0.15, -0.1) is 0 Å². The normalized spacial score (nSPS) is 19.5. The minimum absolute atomic E-state index is 0.0971. The molecule has 2 fully saturated rings. The Labute approximate surface area is 161 Å². The van der Waals surface area contributed by atoms with Crippen molar-refractivity contribution in [3.8, 4) is 0 Å². The first-order valence-corrected chi connectivity index (χ1v) is 9.72. The summed E-state index contributed by atoms with van der Waals surface area (Å²) in [7, 11) is 0. The van der Waals surface area contributed by atoms with Gasteiger partial charge in [0.05, 0.1) is 5.56 Å². The van der Waals surface area contributed by atoms with E-state index in [0.717, 1.165) is 31.7 Å². The molecule has 1 heterocycles. The fourth-order valence-electron chi connectivity index (χ4n) is 4.00. The number of rotatable bonds is 3. The fourth-order valence-corrected chi connectivity index (χ4v) is 4.00. The van der Waals surface area contributed by atoms with Gasteiger partial charge >= 0.3 is 6.18 Å². The third kappa shape index (κ3) is 4.83. The predicted octanol–water partition coefficient (Wildman–Crippen LogP) is 4.15. The van der Waals surface area contributed by atoms with Gasteiger partial charge in [-0.3, -0.25) is 9.59 Å². The van der Waals surface area contributed by atoms with E-state index in [-0.39, 0.29) is 23.4 Å². The van der Waals surface area contributed by atoms with Gasteiger partial charge < -0.3 is 10.2 Å². The van der Waals surface area contributed by atoms with E-state index < -0.39 is 23.5 Å². The highest BCUT2D eigenvalue weighted by molar-refractivity contribution is 5.94. The maximum atomic E-state index is 13.4. The van der Waals surface area contributed by atoms with Crippen molar-refractivity contribution in [2.75, 3.05) is 13.1 Å². The Kier molecular flexibility index (Phi) is 6.25. The molecule has 0 spiro atoms. The van der Waals surface area contributed by atoms with E-state index in [9.17, 15) is 27.2 Å². The Morgan fingerprint density at radius 3 is 2.25 bits per heavy atom. The second-order valence-electron chi connectivity index (χ2n) is 7.60. The molecule has 1 aromatic carbocycles. The first kappa shape index (κ1) is 20.6. The number of halogens is 4. The highest BCUT2D eigenvalue weighted by Crippen LogP contribution is 2.32. The average molecular weight is 400 g/mol. The number of hydrogen-bond donors (Lipinski definition) is 1. The maximum absolute atomic E-state index is 13.4. The second kappa shape index (κ2) is 8.49. The van der Waals surface area contributed by atoms with Gasteiger partial charge in [-0.2, -0.15) is 13.2 Å². The summed E-state index contributed by atoms with van der Waals surface area (Å²) in [6.07, 6.45) is 1.46. The molecule has 0 aromatic heterocycles. The molecule has 28 heavy (non-hydrogen) atoms. The summed E-state index contributed by atoms with van der Waals surface area (Å²) in [5.41, 5.74) is -1.68. The Morgan fingerprint density at radius 2 is 1.64 bits per heavy atom. The third-order valence-electron chi connectivity index (χ3n) is 5.63. The van der Waals surface area contributed by atoms with Crippen molar-refractivity contribution in [3.05, 3.63) is 35.1 Å². The first-order valence-electron chi connectivity index (χ1n) is 9.72. The Morgan fingerprint density at radius 1 is 1.00 bits per heavy atom.